The standard InChI is InChI=1S/C20H19F3N4O/c1-28-17-8-2-14(3-9-17)10-12-24-18-11-13-25-19(27-18)26-16-6-4-15(5-7-16)20(21,22)23/h2-9,11,13H,10,12H2,1H3,(H2,24,25,26,27). The van der Waals surface area contributed by atoms with E-state index in [4.69, 9.17) is 4.74 Å². The highest BCUT2D eigenvalue weighted by molar-refractivity contribution is 5.55. The van der Waals surface area contributed by atoms with Crippen LogP contribution >= 0.6 is 0 Å². The number of rotatable bonds is 7. The van der Waals surface area contributed by atoms with Crippen LogP contribution in [0.25, 0.3) is 0 Å². The summed E-state index contributed by atoms with van der Waals surface area (Å²) in [6.07, 6.45) is -1.98. The van der Waals surface area contributed by atoms with Crippen molar-refractivity contribution in [2.24, 2.45) is 0 Å². The Morgan fingerprint density at radius 3 is 2.32 bits per heavy atom. The Hall–Kier alpha value is -3.29. The Balaban J connectivity index is 1.56. The van der Waals surface area contributed by atoms with Gasteiger partial charge in [0.1, 0.15) is 11.6 Å². The zero-order valence-electron chi connectivity index (χ0n) is 15.1. The minimum absolute atomic E-state index is 0.300. The number of aromatic nitrogens is 2. The quantitative estimate of drug-likeness (QED) is 0.603. The lowest BCUT2D eigenvalue weighted by atomic mass is 10.1. The zero-order valence-corrected chi connectivity index (χ0v) is 15.1. The maximum absolute atomic E-state index is 12.6. The van der Waals surface area contributed by atoms with Gasteiger partial charge in [0, 0.05) is 18.4 Å². The molecular formula is C20H19F3N4O. The summed E-state index contributed by atoms with van der Waals surface area (Å²) in [7, 11) is 1.63. The van der Waals surface area contributed by atoms with Crippen molar-refractivity contribution < 1.29 is 17.9 Å². The summed E-state index contributed by atoms with van der Waals surface area (Å²) < 4.78 is 43.0. The fourth-order valence-corrected chi connectivity index (χ4v) is 2.52. The molecule has 0 radical (unpaired) electrons. The van der Waals surface area contributed by atoms with E-state index in [-0.39, 0.29) is 0 Å². The lowest BCUT2D eigenvalue weighted by Crippen LogP contribution is -2.08. The van der Waals surface area contributed by atoms with E-state index in [2.05, 4.69) is 20.6 Å². The van der Waals surface area contributed by atoms with Crippen LogP contribution in [0.15, 0.2) is 60.8 Å². The average molecular weight is 388 g/mol. The first-order valence-electron chi connectivity index (χ1n) is 8.58. The van der Waals surface area contributed by atoms with Gasteiger partial charge in [-0.05, 0) is 54.4 Å². The topological polar surface area (TPSA) is 59.1 Å². The number of anilines is 3. The van der Waals surface area contributed by atoms with Crippen LogP contribution in [0.4, 0.5) is 30.6 Å². The molecule has 0 saturated carbocycles. The van der Waals surface area contributed by atoms with E-state index in [0.717, 1.165) is 29.9 Å². The van der Waals surface area contributed by atoms with E-state index in [1.54, 1.807) is 19.4 Å². The smallest absolute Gasteiger partial charge is 0.416 e. The third-order valence-corrected chi connectivity index (χ3v) is 4.00. The fraction of sp³-hybridized carbons (Fsp3) is 0.200. The Morgan fingerprint density at radius 1 is 0.964 bits per heavy atom. The van der Waals surface area contributed by atoms with Crippen molar-refractivity contribution >= 4 is 17.5 Å². The molecule has 2 N–H and O–H groups in total. The Kier molecular flexibility index (Phi) is 5.98. The van der Waals surface area contributed by atoms with Crippen LogP contribution in [0.1, 0.15) is 11.1 Å². The van der Waals surface area contributed by atoms with Crippen molar-refractivity contribution in [3.8, 4) is 5.75 Å². The fourth-order valence-electron chi connectivity index (χ4n) is 2.52. The lowest BCUT2D eigenvalue weighted by molar-refractivity contribution is -0.137. The van der Waals surface area contributed by atoms with Crippen molar-refractivity contribution in [2.45, 2.75) is 12.6 Å². The summed E-state index contributed by atoms with van der Waals surface area (Å²) in [6, 6.07) is 14.3. The molecule has 0 atom stereocenters. The molecule has 3 aromatic rings. The predicted molar refractivity (Wildman–Crippen MR) is 102 cm³/mol. The summed E-state index contributed by atoms with van der Waals surface area (Å²) in [5, 5.41) is 6.11. The van der Waals surface area contributed by atoms with Crippen LogP contribution < -0.4 is 15.4 Å². The van der Waals surface area contributed by atoms with Gasteiger partial charge in [-0.3, -0.25) is 0 Å². The summed E-state index contributed by atoms with van der Waals surface area (Å²) in [4.78, 5) is 8.42. The molecule has 28 heavy (non-hydrogen) atoms. The molecule has 0 bridgehead atoms. The number of nitrogens with one attached hydrogen (secondary N) is 2. The largest absolute Gasteiger partial charge is 0.497 e. The number of ether oxygens (including phenoxy) is 1. The predicted octanol–water partition coefficient (Wildman–Crippen LogP) is 4.90. The summed E-state index contributed by atoms with van der Waals surface area (Å²) in [5.41, 5.74) is 0.932. The second-order valence-electron chi connectivity index (χ2n) is 5.99. The molecule has 0 amide bonds. The van der Waals surface area contributed by atoms with Gasteiger partial charge in [0.2, 0.25) is 5.95 Å². The Morgan fingerprint density at radius 2 is 1.68 bits per heavy atom. The minimum Gasteiger partial charge on any atom is -0.497 e. The zero-order chi connectivity index (χ0) is 20.0. The van der Waals surface area contributed by atoms with Gasteiger partial charge in [-0.2, -0.15) is 18.2 Å². The van der Waals surface area contributed by atoms with Crippen molar-refractivity contribution in [3.05, 3.63) is 71.9 Å². The first kappa shape index (κ1) is 19.5. The molecule has 2 aromatic carbocycles. The van der Waals surface area contributed by atoms with Crippen molar-refractivity contribution in [1.29, 1.82) is 0 Å². The molecule has 0 aliphatic heterocycles. The summed E-state index contributed by atoms with van der Waals surface area (Å²) in [5.74, 6) is 1.73. The normalized spacial score (nSPS) is 11.1. The monoisotopic (exact) mass is 388 g/mol. The van der Waals surface area contributed by atoms with Crippen LogP contribution in [-0.2, 0) is 12.6 Å². The van der Waals surface area contributed by atoms with Crippen molar-refractivity contribution in [2.75, 3.05) is 24.3 Å². The Bertz CT molecular complexity index is 897. The van der Waals surface area contributed by atoms with Gasteiger partial charge in [-0.25, -0.2) is 4.98 Å². The van der Waals surface area contributed by atoms with E-state index >= 15 is 0 Å². The van der Waals surface area contributed by atoms with E-state index < -0.39 is 11.7 Å². The number of hydrogen-bond donors (Lipinski definition) is 2. The van der Waals surface area contributed by atoms with Crippen LogP contribution in [0.2, 0.25) is 0 Å². The van der Waals surface area contributed by atoms with Gasteiger partial charge in [0.25, 0.3) is 0 Å². The average Bonchev–Trinajstić information content (AvgIpc) is 2.69. The lowest BCUT2D eigenvalue weighted by Gasteiger charge is -2.10. The van der Waals surface area contributed by atoms with Gasteiger partial charge in [0.05, 0.1) is 12.7 Å². The third-order valence-electron chi connectivity index (χ3n) is 4.00. The molecule has 0 saturated heterocycles. The molecular weight excluding hydrogens is 369 g/mol. The molecule has 3 rings (SSSR count). The van der Waals surface area contributed by atoms with Gasteiger partial charge in [-0.1, -0.05) is 12.1 Å². The van der Waals surface area contributed by atoms with E-state index in [0.29, 0.717) is 24.0 Å². The van der Waals surface area contributed by atoms with Crippen LogP contribution in [0, 0.1) is 0 Å². The molecule has 0 aliphatic rings. The maximum atomic E-state index is 12.6. The van der Waals surface area contributed by atoms with Crippen molar-refractivity contribution in [1.82, 2.24) is 9.97 Å². The molecule has 146 valence electrons. The summed E-state index contributed by atoms with van der Waals surface area (Å²) in [6.45, 7) is 0.670. The van der Waals surface area contributed by atoms with E-state index in [1.165, 1.54) is 12.1 Å². The minimum atomic E-state index is -4.36. The highest BCUT2D eigenvalue weighted by Crippen LogP contribution is 2.30. The number of halogens is 3. The first-order valence-corrected chi connectivity index (χ1v) is 8.58. The molecule has 1 heterocycles. The SMILES string of the molecule is COc1ccc(CCNc2ccnc(Nc3ccc(C(F)(F)F)cc3)n2)cc1. The molecule has 0 unspecified atom stereocenters. The second-order valence-corrected chi connectivity index (χ2v) is 5.99. The van der Waals surface area contributed by atoms with Crippen LogP contribution in [0.3, 0.4) is 0 Å². The van der Waals surface area contributed by atoms with E-state index in [9.17, 15) is 13.2 Å². The second kappa shape index (κ2) is 8.60. The molecule has 0 fully saturated rings. The van der Waals surface area contributed by atoms with Crippen molar-refractivity contribution in [3.63, 3.8) is 0 Å². The molecule has 0 aliphatic carbocycles. The molecule has 0 spiro atoms. The number of nitrogens with zero attached hydrogens (tertiary/aromatic N) is 2. The van der Waals surface area contributed by atoms with Gasteiger partial charge >= 0.3 is 6.18 Å². The van der Waals surface area contributed by atoms with Gasteiger partial charge in [-0.15, -0.1) is 0 Å². The Labute approximate surface area is 160 Å². The van der Waals surface area contributed by atoms with Gasteiger partial charge in [0.15, 0.2) is 0 Å². The summed E-state index contributed by atoms with van der Waals surface area (Å²) >= 11 is 0. The molecule has 1 aromatic heterocycles. The maximum Gasteiger partial charge on any atom is 0.416 e. The number of benzene rings is 2. The number of alkyl halides is 3. The molecule has 5 nitrogen and oxygen atoms in total. The molecule has 8 heteroatoms. The van der Waals surface area contributed by atoms with E-state index in [1.807, 2.05) is 24.3 Å². The third kappa shape index (κ3) is 5.35. The number of methoxy groups -OCH3 is 1. The highest BCUT2D eigenvalue weighted by atomic mass is 19.4. The van der Waals surface area contributed by atoms with Crippen LogP contribution in [0.5, 0.6) is 5.75 Å². The number of hydrogen-bond acceptors (Lipinski definition) is 5. The highest BCUT2D eigenvalue weighted by Gasteiger charge is 2.29. The van der Waals surface area contributed by atoms with Gasteiger partial charge < -0.3 is 15.4 Å². The first-order chi connectivity index (χ1) is 13.4. The van der Waals surface area contributed by atoms with Crippen LogP contribution in [-0.4, -0.2) is 23.6 Å².